The number of benzene rings is 1. The smallest absolute Gasteiger partial charge is 0.363 e. The Morgan fingerprint density at radius 3 is 2.79 bits per heavy atom. The van der Waals surface area contributed by atoms with Crippen molar-refractivity contribution in [2.75, 3.05) is 12.5 Å². The van der Waals surface area contributed by atoms with E-state index in [1.165, 1.54) is 0 Å². The van der Waals surface area contributed by atoms with E-state index in [1.54, 1.807) is 20.2 Å². The minimum atomic E-state index is -0.521. The quantitative estimate of drug-likeness (QED) is 0.629. The van der Waals surface area contributed by atoms with E-state index in [0.29, 0.717) is 11.5 Å². The van der Waals surface area contributed by atoms with Crippen LogP contribution in [0.4, 0.5) is 5.82 Å². The first kappa shape index (κ1) is 12.7. The van der Waals surface area contributed by atoms with Gasteiger partial charge in [-0.25, -0.2) is 9.89 Å². The van der Waals surface area contributed by atoms with E-state index in [-0.39, 0.29) is 0 Å². The molecule has 0 spiro atoms. The summed E-state index contributed by atoms with van der Waals surface area (Å²) < 4.78 is 5.06. The zero-order valence-corrected chi connectivity index (χ0v) is 10.5. The molecule has 0 aliphatic heterocycles. The monoisotopic (exact) mass is 259 g/mol. The predicted octanol–water partition coefficient (Wildman–Crippen LogP) is 0.928. The third-order valence-corrected chi connectivity index (χ3v) is 2.38. The van der Waals surface area contributed by atoms with Crippen LogP contribution < -0.4 is 15.9 Å². The largest absolute Gasteiger partial charge is 0.497 e. The Labute approximate surface area is 109 Å². The van der Waals surface area contributed by atoms with E-state index < -0.39 is 5.69 Å². The zero-order chi connectivity index (χ0) is 13.7. The maximum Gasteiger partial charge on any atom is 0.363 e. The number of methoxy groups -OCH3 is 1. The van der Waals surface area contributed by atoms with Crippen molar-refractivity contribution >= 4 is 12.0 Å². The van der Waals surface area contributed by atoms with Crippen molar-refractivity contribution in [3.63, 3.8) is 0 Å². The molecular formula is C12H13N5O2. The Morgan fingerprint density at radius 2 is 2.11 bits per heavy atom. The van der Waals surface area contributed by atoms with Crippen LogP contribution in [0.3, 0.4) is 0 Å². The maximum atomic E-state index is 11.0. The molecule has 7 heteroatoms. The molecule has 0 amide bonds. The van der Waals surface area contributed by atoms with Crippen molar-refractivity contribution in [1.29, 1.82) is 0 Å². The standard InChI is InChI=1S/C12H13N5O2/c1-8-11(14-12(18)17-15-8)16-13-7-9-3-5-10(19-2)6-4-9/h3-7H,1-2H3,(H2,14,16,17,18)/b13-7-. The van der Waals surface area contributed by atoms with Gasteiger partial charge >= 0.3 is 5.69 Å². The number of hydrogen-bond donors (Lipinski definition) is 2. The number of ether oxygens (including phenoxy) is 1. The molecule has 98 valence electrons. The van der Waals surface area contributed by atoms with E-state index >= 15 is 0 Å². The van der Waals surface area contributed by atoms with Crippen LogP contribution in [0.1, 0.15) is 11.3 Å². The fraction of sp³-hybridized carbons (Fsp3) is 0.167. The Hall–Kier alpha value is -2.70. The van der Waals surface area contributed by atoms with Crippen molar-refractivity contribution < 1.29 is 4.74 Å². The van der Waals surface area contributed by atoms with E-state index in [1.807, 2.05) is 24.3 Å². The molecule has 2 rings (SSSR count). The summed E-state index contributed by atoms with van der Waals surface area (Å²) in [5.41, 5.74) is 3.61. The van der Waals surface area contributed by atoms with Crippen LogP contribution in [-0.4, -0.2) is 28.5 Å². The summed E-state index contributed by atoms with van der Waals surface area (Å²) in [4.78, 5) is 14.7. The van der Waals surface area contributed by atoms with Gasteiger partial charge in [0.1, 0.15) is 11.4 Å². The molecule has 2 aromatic rings. The van der Waals surface area contributed by atoms with E-state index in [2.05, 4.69) is 25.7 Å². The molecule has 1 aromatic carbocycles. The summed E-state index contributed by atoms with van der Waals surface area (Å²) >= 11 is 0. The van der Waals surface area contributed by atoms with Gasteiger partial charge in [0.05, 0.1) is 13.3 Å². The van der Waals surface area contributed by atoms with Crippen LogP contribution in [0, 0.1) is 6.92 Å². The van der Waals surface area contributed by atoms with Crippen molar-refractivity contribution in [2.24, 2.45) is 5.10 Å². The molecule has 0 unspecified atom stereocenters. The Kier molecular flexibility index (Phi) is 3.87. The van der Waals surface area contributed by atoms with Gasteiger partial charge in [-0.1, -0.05) is 0 Å². The number of nitrogens with zero attached hydrogens (tertiary/aromatic N) is 3. The number of H-pyrrole nitrogens is 1. The average molecular weight is 259 g/mol. The number of hydrogen-bond acceptors (Lipinski definition) is 6. The van der Waals surface area contributed by atoms with Crippen molar-refractivity contribution in [3.05, 3.63) is 46.0 Å². The summed E-state index contributed by atoms with van der Waals surface area (Å²) in [7, 11) is 1.61. The highest BCUT2D eigenvalue weighted by molar-refractivity contribution is 5.80. The van der Waals surface area contributed by atoms with E-state index in [0.717, 1.165) is 11.3 Å². The zero-order valence-electron chi connectivity index (χ0n) is 10.5. The lowest BCUT2D eigenvalue weighted by Crippen LogP contribution is -2.15. The topological polar surface area (TPSA) is 92.3 Å². The summed E-state index contributed by atoms with van der Waals surface area (Å²) in [5.74, 6) is 1.11. The van der Waals surface area contributed by atoms with Gasteiger partial charge in [-0.3, -0.25) is 5.43 Å². The second-order valence-electron chi connectivity index (χ2n) is 3.72. The predicted molar refractivity (Wildman–Crippen MR) is 71.6 cm³/mol. The second kappa shape index (κ2) is 5.76. The highest BCUT2D eigenvalue weighted by atomic mass is 16.5. The van der Waals surface area contributed by atoms with Gasteiger partial charge in [0, 0.05) is 0 Å². The maximum absolute atomic E-state index is 11.0. The fourth-order valence-electron chi connectivity index (χ4n) is 1.36. The molecule has 0 aliphatic rings. The highest BCUT2D eigenvalue weighted by Gasteiger charge is 1.99. The molecule has 2 N–H and O–H groups in total. The van der Waals surface area contributed by atoms with Gasteiger partial charge in [-0.05, 0) is 36.8 Å². The van der Waals surface area contributed by atoms with Gasteiger partial charge < -0.3 is 4.74 Å². The number of rotatable bonds is 4. The first-order valence-electron chi connectivity index (χ1n) is 5.55. The number of nitrogens with one attached hydrogen (secondary N) is 2. The summed E-state index contributed by atoms with van der Waals surface area (Å²) in [6, 6.07) is 7.39. The first-order chi connectivity index (χ1) is 9.19. The molecule has 7 nitrogen and oxygen atoms in total. The van der Waals surface area contributed by atoms with Gasteiger partial charge in [0.2, 0.25) is 0 Å². The minimum absolute atomic E-state index is 0.327. The minimum Gasteiger partial charge on any atom is -0.497 e. The molecule has 0 saturated heterocycles. The lowest BCUT2D eigenvalue weighted by molar-refractivity contribution is 0.415. The molecule has 19 heavy (non-hydrogen) atoms. The van der Waals surface area contributed by atoms with Crippen LogP contribution >= 0.6 is 0 Å². The molecular weight excluding hydrogens is 246 g/mol. The Balaban J connectivity index is 2.06. The normalized spacial score (nSPS) is 10.6. The fourth-order valence-corrected chi connectivity index (χ4v) is 1.36. The molecule has 0 fully saturated rings. The molecule has 1 aromatic heterocycles. The number of aromatic amines is 1. The second-order valence-corrected chi connectivity index (χ2v) is 3.72. The molecule has 0 atom stereocenters. The van der Waals surface area contributed by atoms with Crippen LogP contribution in [0.5, 0.6) is 5.75 Å². The molecule has 1 heterocycles. The van der Waals surface area contributed by atoms with E-state index in [4.69, 9.17) is 4.74 Å². The lowest BCUT2D eigenvalue weighted by atomic mass is 10.2. The number of aryl methyl sites for hydroxylation is 1. The average Bonchev–Trinajstić information content (AvgIpc) is 2.43. The summed E-state index contributed by atoms with van der Waals surface area (Å²) in [6.45, 7) is 1.72. The van der Waals surface area contributed by atoms with Crippen LogP contribution in [-0.2, 0) is 0 Å². The van der Waals surface area contributed by atoms with Crippen molar-refractivity contribution in [2.45, 2.75) is 6.92 Å². The van der Waals surface area contributed by atoms with Crippen LogP contribution in [0.25, 0.3) is 0 Å². The lowest BCUT2D eigenvalue weighted by Gasteiger charge is -2.01. The Bertz CT molecular complexity index is 633. The molecule has 0 aliphatic carbocycles. The van der Waals surface area contributed by atoms with Gasteiger partial charge in [-0.15, -0.1) is 0 Å². The van der Waals surface area contributed by atoms with Gasteiger partial charge in [-0.2, -0.15) is 15.2 Å². The first-order valence-corrected chi connectivity index (χ1v) is 5.55. The SMILES string of the molecule is COc1ccc(/C=N\Nc2nc(=O)[nH]nc2C)cc1. The molecule has 0 bridgehead atoms. The molecule has 0 radical (unpaired) electrons. The molecule has 0 saturated carbocycles. The third kappa shape index (κ3) is 3.38. The van der Waals surface area contributed by atoms with Crippen LogP contribution in [0.15, 0.2) is 34.2 Å². The highest BCUT2D eigenvalue weighted by Crippen LogP contribution is 2.10. The van der Waals surface area contributed by atoms with Gasteiger partial charge in [0.15, 0.2) is 5.82 Å². The van der Waals surface area contributed by atoms with Crippen molar-refractivity contribution in [1.82, 2.24) is 15.2 Å². The number of aromatic nitrogens is 3. The van der Waals surface area contributed by atoms with E-state index in [9.17, 15) is 4.79 Å². The van der Waals surface area contributed by atoms with Gasteiger partial charge in [0.25, 0.3) is 0 Å². The summed E-state index contributed by atoms with van der Waals surface area (Å²) in [6.07, 6.45) is 1.61. The van der Waals surface area contributed by atoms with Crippen molar-refractivity contribution in [3.8, 4) is 5.75 Å². The number of hydrazone groups is 1. The number of anilines is 1. The Morgan fingerprint density at radius 1 is 1.37 bits per heavy atom. The third-order valence-electron chi connectivity index (χ3n) is 2.38. The summed E-state index contributed by atoms with van der Waals surface area (Å²) in [5, 5.41) is 10.0. The van der Waals surface area contributed by atoms with Crippen LogP contribution in [0.2, 0.25) is 0 Å².